The number of benzene rings is 1. The Hall–Kier alpha value is -2.12. The fraction of sp³-hybridized carbons (Fsp3) is 0.667. The Bertz CT molecular complexity index is 780. The van der Waals surface area contributed by atoms with Crippen molar-refractivity contribution in [2.24, 2.45) is 4.99 Å². The average Bonchev–Trinajstić information content (AvgIpc) is 2.81. The van der Waals surface area contributed by atoms with Gasteiger partial charge in [0, 0.05) is 43.7 Å². The molecule has 2 fully saturated rings. The Kier molecular flexibility index (Phi) is 7.13. The monoisotopic (exact) mass is 426 g/mol. The number of rotatable bonds is 5. The molecule has 0 aromatic heterocycles. The fourth-order valence-corrected chi connectivity index (χ4v) is 5.38. The van der Waals surface area contributed by atoms with Gasteiger partial charge in [0.15, 0.2) is 5.96 Å². The van der Waals surface area contributed by atoms with Crippen LogP contribution in [-0.2, 0) is 4.79 Å². The van der Waals surface area contributed by atoms with Gasteiger partial charge in [-0.25, -0.2) is 0 Å². The second kappa shape index (κ2) is 10.0. The van der Waals surface area contributed by atoms with Crippen molar-refractivity contribution >= 4 is 17.6 Å². The first-order valence-corrected chi connectivity index (χ1v) is 11.9. The molecule has 3 heterocycles. The molecule has 7 heteroatoms. The van der Waals surface area contributed by atoms with Gasteiger partial charge >= 0.3 is 0 Å². The van der Waals surface area contributed by atoms with E-state index in [9.17, 15) is 4.79 Å². The third kappa shape index (κ3) is 5.21. The van der Waals surface area contributed by atoms with Crippen LogP contribution in [-0.4, -0.2) is 80.6 Å². The minimum absolute atomic E-state index is 0.0869. The molecule has 7 nitrogen and oxygen atoms in total. The summed E-state index contributed by atoms with van der Waals surface area (Å²) in [4.78, 5) is 21.8. The molecule has 0 saturated carbocycles. The Morgan fingerprint density at radius 3 is 2.61 bits per heavy atom. The van der Waals surface area contributed by atoms with Crippen LogP contribution in [0.5, 0.6) is 0 Å². The topological polar surface area (TPSA) is 72.0 Å². The number of aliphatic imine (C=N–C) groups is 1. The van der Waals surface area contributed by atoms with Crippen LogP contribution in [0.1, 0.15) is 50.0 Å². The summed E-state index contributed by atoms with van der Waals surface area (Å²) in [6, 6.07) is 8.10. The van der Waals surface area contributed by atoms with Crippen LogP contribution in [0.3, 0.4) is 0 Å². The summed E-state index contributed by atoms with van der Waals surface area (Å²) < 4.78 is 0. The zero-order valence-electron chi connectivity index (χ0n) is 19.1. The molecular weight excluding hydrogens is 388 g/mol. The highest BCUT2D eigenvalue weighted by Gasteiger charge is 2.39. The number of carbonyl (C=O) groups is 1. The van der Waals surface area contributed by atoms with Crippen LogP contribution in [0.4, 0.5) is 5.69 Å². The first-order chi connectivity index (χ1) is 15.1. The van der Waals surface area contributed by atoms with Crippen molar-refractivity contribution in [3.63, 3.8) is 0 Å². The number of hydrogen-bond donors (Lipinski definition) is 3. The maximum Gasteiger partial charge on any atom is 0.225 e. The number of guanidine groups is 1. The van der Waals surface area contributed by atoms with Crippen LogP contribution in [0, 0.1) is 0 Å². The SMILES string of the molecule is CN=C(NCC1CC(=O)Nc2ccccc21)NCC1(N2CCCCC2)CCN(C)CC1. The molecule has 3 aliphatic heterocycles. The van der Waals surface area contributed by atoms with Crippen LogP contribution in [0.15, 0.2) is 29.3 Å². The Balaban J connectivity index is 1.38. The van der Waals surface area contributed by atoms with Crippen molar-refractivity contribution in [2.75, 3.05) is 58.7 Å². The minimum atomic E-state index is 0.0869. The van der Waals surface area contributed by atoms with Gasteiger partial charge in [-0.2, -0.15) is 0 Å². The van der Waals surface area contributed by atoms with Gasteiger partial charge in [0.1, 0.15) is 0 Å². The zero-order valence-corrected chi connectivity index (χ0v) is 19.1. The van der Waals surface area contributed by atoms with Crippen LogP contribution in [0.2, 0.25) is 0 Å². The lowest BCUT2D eigenvalue weighted by Gasteiger charge is -2.50. The number of likely N-dealkylation sites (tertiary alicyclic amines) is 2. The summed E-state index contributed by atoms with van der Waals surface area (Å²) in [7, 11) is 4.06. The second-order valence-corrected chi connectivity index (χ2v) is 9.42. The largest absolute Gasteiger partial charge is 0.356 e. The lowest BCUT2D eigenvalue weighted by atomic mass is 9.84. The predicted molar refractivity (Wildman–Crippen MR) is 127 cm³/mol. The first kappa shape index (κ1) is 22.1. The second-order valence-electron chi connectivity index (χ2n) is 9.42. The molecule has 1 amide bonds. The first-order valence-electron chi connectivity index (χ1n) is 11.9. The van der Waals surface area contributed by atoms with Crippen LogP contribution < -0.4 is 16.0 Å². The quantitative estimate of drug-likeness (QED) is 0.498. The highest BCUT2D eigenvalue weighted by Crippen LogP contribution is 2.32. The summed E-state index contributed by atoms with van der Waals surface area (Å²) >= 11 is 0. The predicted octanol–water partition coefficient (Wildman–Crippen LogP) is 2.23. The Morgan fingerprint density at radius 1 is 1.13 bits per heavy atom. The minimum Gasteiger partial charge on any atom is -0.356 e. The molecule has 1 atom stereocenters. The molecule has 1 unspecified atom stereocenters. The highest BCUT2D eigenvalue weighted by atomic mass is 16.1. The zero-order chi connectivity index (χ0) is 21.7. The number of piperidine rings is 2. The van der Waals surface area contributed by atoms with E-state index in [2.05, 4.69) is 43.9 Å². The number of nitrogens with one attached hydrogen (secondary N) is 3. The number of para-hydroxylation sites is 1. The standard InChI is InChI=1S/C24H38N6O/c1-25-23(26-17-19-16-22(31)28-21-9-5-4-8-20(19)21)27-18-24(10-14-29(2)15-11-24)30-12-6-3-7-13-30/h4-5,8-9,19H,3,6-7,10-18H2,1-2H3,(H,28,31)(H2,25,26,27). The molecule has 170 valence electrons. The Morgan fingerprint density at radius 2 is 1.87 bits per heavy atom. The average molecular weight is 427 g/mol. The van der Waals surface area contributed by atoms with E-state index in [1.807, 2.05) is 25.2 Å². The molecular formula is C24H38N6O. The van der Waals surface area contributed by atoms with Gasteiger partial charge in [-0.3, -0.25) is 14.7 Å². The highest BCUT2D eigenvalue weighted by molar-refractivity contribution is 5.94. The summed E-state index contributed by atoms with van der Waals surface area (Å²) in [5.74, 6) is 1.07. The van der Waals surface area contributed by atoms with Gasteiger partial charge in [0.05, 0.1) is 0 Å². The van der Waals surface area contributed by atoms with Crippen molar-refractivity contribution < 1.29 is 4.79 Å². The van der Waals surface area contributed by atoms with Crippen LogP contribution >= 0.6 is 0 Å². The smallest absolute Gasteiger partial charge is 0.225 e. The molecule has 0 bridgehead atoms. The molecule has 1 aromatic carbocycles. The normalized spacial score (nSPS) is 24.9. The maximum absolute atomic E-state index is 12.1. The molecule has 4 rings (SSSR count). The molecule has 0 radical (unpaired) electrons. The van der Waals surface area contributed by atoms with Crippen molar-refractivity contribution in [3.8, 4) is 0 Å². The lowest BCUT2D eigenvalue weighted by Crippen LogP contribution is -2.62. The van der Waals surface area contributed by atoms with Crippen molar-refractivity contribution in [1.29, 1.82) is 0 Å². The number of amides is 1. The molecule has 3 N–H and O–H groups in total. The summed E-state index contributed by atoms with van der Waals surface area (Å²) in [5, 5.41) is 10.1. The van der Waals surface area contributed by atoms with Crippen LogP contribution in [0.25, 0.3) is 0 Å². The van der Waals surface area contributed by atoms with E-state index in [0.717, 1.165) is 31.3 Å². The van der Waals surface area contributed by atoms with Crippen molar-refractivity contribution in [3.05, 3.63) is 29.8 Å². The van der Waals surface area contributed by atoms with E-state index in [4.69, 9.17) is 0 Å². The molecule has 31 heavy (non-hydrogen) atoms. The summed E-state index contributed by atoms with van der Waals surface area (Å²) in [6.45, 7) is 6.35. The van der Waals surface area contributed by atoms with Gasteiger partial charge < -0.3 is 20.9 Å². The van der Waals surface area contributed by atoms with E-state index in [1.54, 1.807) is 0 Å². The molecule has 1 aromatic rings. The lowest BCUT2D eigenvalue weighted by molar-refractivity contribution is -0.116. The molecule has 0 spiro atoms. The molecule has 2 saturated heterocycles. The van der Waals surface area contributed by atoms with E-state index in [0.29, 0.717) is 13.0 Å². The van der Waals surface area contributed by atoms with E-state index < -0.39 is 0 Å². The Labute approximate surface area is 186 Å². The number of carbonyl (C=O) groups excluding carboxylic acids is 1. The van der Waals surface area contributed by atoms with Gasteiger partial charge in [-0.05, 0) is 70.5 Å². The fourth-order valence-electron chi connectivity index (χ4n) is 5.38. The van der Waals surface area contributed by atoms with E-state index in [-0.39, 0.29) is 17.4 Å². The number of fused-ring (bicyclic) bond motifs is 1. The third-order valence-electron chi connectivity index (χ3n) is 7.38. The number of nitrogens with zero attached hydrogens (tertiary/aromatic N) is 3. The summed E-state index contributed by atoms with van der Waals surface area (Å²) in [6.07, 6.45) is 6.89. The number of hydrogen-bond acceptors (Lipinski definition) is 4. The van der Waals surface area contributed by atoms with E-state index >= 15 is 0 Å². The van der Waals surface area contributed by atoms with Gasteiger partial charge in [-0.1, -0.05) is 24.6 Å². The summed E-state index contributed by atoms with van der Waals surface area (Å²) in [5.41, 5.74) is 2.34. The van der Waals surface area contributed by atoms with E-state index in [1.165, 1.54) is 50.8 Å². The van der Waals surface area contributed by atoms with Gasteiger partial charge in [0.2, 0.25) is 5.91 Å². The van der Waals surface area contributed by atoms with Gasteiger partial charge in [-0.15, -0.1) is 0 Å². The maximum atomic E-state index is 12.1. The molecule has 0 aliphatic carbocycles. The van der Waals surface area contributed by atoms with Crippen molar-refractivity contribution in [1.82, 2.24) is 20.4 Å². The third-order valence-corrected chi connectivity index (χ3v) is 7.38. The van der Waals surface area contributed by atoms with Crippen molar-refractivity contribution in [2.45, 2.75) is 50.0 Å². The van der Waals surface area contributed by atoms with Gasteiger partial charge in [0.25, 0.3) is 0 Å². The molecule has 3 aliphatic rings. The number of anilines is 1.